The molecule has 23 heteroatoms. The lowest BCUT2D eigenvalue weighted by atomic mass is 9.83. The maximum Gasteiger partial charge on any atom is 0.409 e. The fourth-order valence-corrected chi connectivity index (χ4v) is 8.40. The second-order valence-electron chi connectivity index (χ2n) is 17.9. The highest BCUT2D eigenvalue weighted by Crippen LogP contribution is 2.49. The molecule has 8 atom stereocenters. The van der Waals surface area contributed by atoms with Crippen LogP contribution >= 0.6 is 11.6 Å². The molecular weight excluding hydrogens is 966 g/mol. The van der Waals surface area contributed by atoms with Gasteiger partial charge in [0, 0.05) is 40.1 Å². The first-order valence-corrected chi connectivity index (χ1v) is 24.5. The molecular formula is C49H76ClN5O17. The second kappa shape index (κ2) is 30.0. The van der Waals surface area contributed by atoms with Gasteiger partial charge in [0.05, 0.1) is 118 Å². The Morgan fingerprint density at radius 1 is 0.972 bits per heavy atom. The zero-order valence-corrected chi connectivity index (χ0v) is 43.7. The van der Waals surface area contributed by atoms with E-state index in [1.807, 2.05) is 13.0 Å². The van der Waals surface area contributed by atoms with Crippen LogP contribution in [-0.4, -0.2) is 202 Å². The minimum Gasteiger partial charge on any atom is -0.495 e. The van der Waals surface area contributed by atoms with E-state index in [9.17, 15) is 29.1 Å². The minimum atomic E-state index is -1.86. The molecule has 1 aromatic carbocycles. The second-order valence-corrected chi connectivity index (χ2v) is 18.3. The number of carbonyl (C=O) groups excluding carboxylic acids is 5. The van der Waals surface area contributed by atoms with Gasteiger partial charge in [0.2, 0.25) is 17.7 Å². The number of methoxy groups -OCH3 is 2. The van der Waals surface area contributed by atoms with Gasteiger partial charge in [-0.3, -0.25) is 19.7 Å². The van der Waals surface area contributed by atoms with E-state index >= 15 is 0 Å². The van der Waals surface area contributed by atoms with E-state index in [2.05, 4.69) is 10.6 Å². The average molecular weight is 1040 g/mol. The number of halogens is 1. The number of anilines is 1. The number of benzene rings is 1. The Morgan fingerprint density at radius 2 is 1.56 bits per heavy atom. The van der Waals surface area contributed by atoms with Gasteiger partial charge in [-0.25, -0.2) is 9.59 Å². The van der Waals surface area contributed by atoms with Crippen LogP contribution in [0.15, 0.2) is 35.9 Å². The molecule has 2 unspecified atom stereocenters. The van der Waals surface area contributed by atoms with E-state index in [0.717, 1.165) is 11.1 Å². The van der Waals surface area contributed by atoms with Crippen LogP contribution in [0.1, 0.15) is 52.5 Å². The predicted molar refractivity (Wildman–Crippen MR) is 263 cm³/mol. The highest BCUT2D eigenvalue weighted by molar-refractivity contribution is 6.35. The van der Waals surface area contributed by atoms with Crippen LogP contribution in [0.5, 0.6) is 5.75 Å². The molecule has 22 nitrogen and oxygen atoms in total. The Kier molecular flexibility index (Phi) is 25.1. The maximum atomic E-state index is 14.3. The Balaban J connectivity index is 1.27. The van der Waals surface area contributed by atoms with Gasteiger partial charge in [0.1, 0.15) is 40.7 Å². The normalized spacial score (nSPS) is 26.0. The summed E-state index contributed by atoms with van der Waals surface area (Å²) >= 11 is 6.80. The molecule has 4 bridgehead atoms. The fourth-order valence-electron chi connectivity index (χ4n) is 8.09. The summed E-state index contributed by atoms with van der Waals surface area (Å²) in [6.07, 6.45) is 0.594. The minimum absolute atomic E-state index is 0.0285. The molecule has 0 saturated carbocycles. The Hall–Kier alpha value is -4.46. The van der Waals surface area contributed by atoms with Crippen LogP contribution in [0, 0.1) is 5.92 Å². The largest absolute Gasteiger partial charge is 0.495 e. The molecule has 3 aliphatic heterocycles. The number of allylic oxidation sites excluding steroid dienone is 3. The number of hydrogen-bond donors (Lipinski definition) is 4. The smallest absolute Gasteiger partial charge is 0.409 e. The third kappa shape index (κ3) is 18.2. The number of carbonyl (C=O) groups is 5. The zero-order chi connectivity index (χ0) is 52.8. The lowest BCUT2D eigenvalue weighted by Crippen LogP contribution is -2.63. The summed E-state index contributed by atoms with van der Waals surface area (Å²) in [4.78, 5) is 68.1. The van der Waals surface area contributed by atoms with Crippen LogP contribution in [0.25, 0.3) is 0 Å². The van der Waals surface area contributed by atoms with Crippen molar-refractivity contribution in [3.8, 4) is 5.75 Å². The monoisotopic (exact) mass is 1040 g/mol. The van der Waals surface area contributed by atoms with Gasteiger partial charge in [-0.2, -0.15) is 0 Å². The predicted octanol–water partition coefficient (Wildman–Crippen LogP) is 2.08. The summed E-state index contributed by atoms with van der Waals surface area (Å²) < 4.78 is 62.3. The number of amides is 4. The SMILES string of the molecule is COc1cc2cc(c1Cl)N(C)C(=O)C[C@H](OC(=O)[C@H](C)N(C)C(=O)CCOCCOCCOCCOCCOCCOCCNC(=O)CN)[C@]1(C)OC1[C@H](C)[C@@H]1CC(O)(NC(=O)O1)[C@H](OC)/C=C/C=C(\C)C2. The van der Waals surface area contributed by atoms with Gasteiger partial charge in [0.15, 0.2) is 5.72 Å². The Labute approximate surface area is 427 Å². The van der Waals surface area contributed by atoms with Crippen molar-refractivity contribution >= 4 is 47.1 Å². The summed E-state index contributed by atoms with van der Waals surface area (Å²) in [6, 6.07) is 2.49. The van der Waals surface area contributed by atoms with Gasteiger partial charge in [-0.1, -0.05) is 42.3 Å². The molecule has 4 amide bonds. The van der Waals surface area contributed by atoms with E-state index in [1.54, 1.807) is 45.2 Å². The number of nitrogens with two attached hydrogens (primary N) is 1. The molecule has 5 N–H and O–H groups in total. The summed E-state index contributed by atoms with van der Waals surface area (Å²) in [5.41, 5.74) is 4.15. The number of aliphatic hydroxyl groups is 1. The van der Waals surface area contributed by atoms with E-state index in [0.29, 0.717) is 83.9 Å². The van der Waals surface area contributed by atoms with Crippen molar-refractivity contribution in [1.29, 1.82) is 0 Å². The number of hydrogen-bond acceptors (Lipinski definition) is 18. The van der Waals surface area contributed by atoms with Crippen molar-refractivity contribution in [2.75, 3.05) is 126 Å². The molecule has 0 aromatic heterocycles. The molecule has 72 heavy (non-hydrogen) atoms. The number of ether oxygens (including phenoxy) is 11. The zero-order valence-electron chi connectivity index (χ0n) is 42.9. The molecule has 3 heterocycles. The molecule has 0 spiro atoms. The van der Waals surface area contributed by atoms with Crippen molar-refractivity contribution in [1.82, 2.24) is 15.5 Å². The third-order valence-electron chi connectivity index (χ3n) is 12.6. The lowest BCUT2D eigenvalue weighted by molar-refractivity contribution is -0.162. The van der Waals surface area contributed by atoms with Crippen LogP contribution in [-0.2, 0) is 73.0 Å². The summed E-state index contributed by atoms with van der Waals surface area (Å²) in [5.74, 6) is -2.08. The average Bonchev–Trinajstić information content (AvgIpc) is 4.05. The lowest BCUT2D eigenvalue weighted by Gasteiger charge is -2.42. The van der Waals surface area contributed by atoms with Crippen molar-refractivity contribution < 1.29 is 81.2 Å². The number of fused-ring (bicyclic) bond motifs is 5. The van der Waals surface area contributed by atoms with Gasteiger partial charge >= 0.3 is 12.1 Å². The van der Waals surface area contributed by atoms with Crippen molar-refractivity contribution in [3.63, 3.8) is 0 Å². The topological polar surface area (TPSA) is 267 Å². The first-order valence-electron chi connectivity index (χ1n) is 24.2. The summed E-state index contributed by atoms with van der Waals surface area (Å²) in [7, 11) is 5.94. The van der Waals surface area contributed by atoms with Crippen LogP contribution < -0.4 is 26.0 Å². The van der Waals surface area contributed by atoms with E-state index < -0.39 is 65.7 Å². The van der Waals surface area contributed by atoms with Crippen molar-refractivity contribution in [2.24, 2.45) is 11.7 Å². The van der Waals surface area contributed by atoms with Crippen LogP contribution in [0.3, 0.4) is 0 Å². The Morgan fingerprint density at radius 3 is 2.12 bits per heavy atom. The highest BCUT2D eigenvalue weighted by atomic mass is 35.5. The molecule has 3 aliphatic rings. The Bertz CT molecular complexity index is 2000. The summed E-state index contributed by atoms with van der Waals surface area (Å²) in [5, 5.41) is 17.1. The number of epoxide rings is 1. The van der Waals surface area contributed by atoms with Crippen molar-refractivity contribution in [2.45, 2.75) is 95.2 Å². The first kappa shape index (κ1) is 60.1. The molecule has 0 radical (unpaired) electrons. The summed E-state index contributed by atoms with van der Waals surface area (Å²) in [6.45, 7) is 11.3. The standard InChI is InChI=1S/C49H76ClN5O17/c1-32-10-9-11-39(63-8)49(61)30-38(70-47(60)53-49)33(2)45-48(4,72-45)40(29-43(58)55(6)36-27-35(26-32)28-37(62-7)44(36)50)71-46(59)34(3)54(5)42(57)12-14-64-16-18-66-20-22-68-24-25-69-23-21-67-19-17-65-15-13-52-41(56)31-51/h9-11,27-28,33-34,38-40,45,61H,12-26,29-31,51H2,1-8H3,(H,52,56)(H,53,60)/b11-9+,32-10+/t33-,34+,38+,39-,40+,45?,48+,49?/m1/s1. The van der Waals surface area contributed by atoms with E-state index in [1.165, 1.54) is 38.0 Å². The van der Waals surface area contributed by atoms with Crippen LogP contribution in [0.4, 0.5) is 10.5 Å². The third-order valence-corrected chi connectivity index (χ3v) is 13.0. The number of likely N-dealkylation sites (N-methyl/N-ethyl adjacent to an activating group) is 1. The first-order chi connectivity index (χ1) is 34.4. The number of alkyl carbamates (subject to hydrolysis) is 1. The van der Waals surface area contributed by atoms with E-state index in [-0.39, 0.29) is 62.5 Å². The van der Waals surface area contributed by atoms with Gasteiger partial charge in [-0.15, -0.1) is 0 Å². The molecule has 4 rings (SSSR count). The molecule has 1 aromatic rings. The molecule has 406 valence electrons. The molecule has 0 aliphatic carbocycles. The quantitative estimate of drug-likeness (QED) is 0.0558. The number of rotatable bonds is 27. The van der Waals surface area contributed by atoms with Crippen molar-refractivity contribution in [3.05, 3.63) is 46.5 Å². The number of esters is 1. The number of nitrogens with one attached hydrogen (secondary N) is 2. The van der Waals surface area contributed by atoms with Gasteiger partial charge in [0.25, 0.3) is 0 Å². The van der Waals surface area contributed by atoms with Crippen LogP contribution in [0.2, 0.25) is 5.02 Å². The van der Waals surface area contributed by atoms with Gasteiger partial charge in [-0.05, 0) is 44.9 Å². The molecule has 2 saturated heterocycles. The van der Waals surface area contributed by atoms with Gasteiger partial charge < -0.3 is 78.1 Å². The fraction of sp³-hybridized carbons (Fsp3) is 0.694. The number of nitrogens with zero attached hydrogens (tertiary/aromatic N) is 2. The van der Waals surface area contributed by atoms with E-state index in [4.69, 9.17) is 69.4 Å². The molecule has 2 fully saturated rings. The maximum absolute atomic E-state index is 14.3. The highest BCUT2D eigenvalue weighted by Gasteiger charge is 2.64.